The molecule has 0 N–H and O–H groups in total. The van der Waals surface area contributed by atoms with Crippen LogP contribution in [0.5, 0.6) is 0 Å². The van der Waals surface area contributed by atoms with Gasteiger partial charge in [0.15, 0.2) is 0 Å². The van der Waals surface area contributed by atoms with Crippen LogP contribution < -0.4 is 0 Å². The van der Waals surface area contributed by atoms with Crippen LogP contribution in [0.15, 0.2) is 113 Å². The van der Waals surface area contributed by atoms with Gasteiger partial charge in [-0.05, 0) is 47.9 Å². The number of ether oxygens (including phenoxy) is 2. The molecule has 1 amide bonds. The average molecular weight is 641 g/mol. The molecule has 46 heavy (non-hydrogen) atoms. The van der Waals surface area contributed by atoms with Gasteiger partial charge in [0.05, 0.1) is 17.1 Å². The maximum absolute atomic E-state index is 13.8. The van der Waals surface area contributed by atoms with Gasteiger partial charge in [-0.25, -0.2) is 14.6 Å². The third-order valence-corrected chi connectivity index (χ3v) is 7.87. The molecule has 11 heteroatoms. The van der Waals surface area contributed by atoms with Gasteiger partial charge in [-0.1, -0.05) is 90.5 Å². The fourth-order valence-corrected chi connectivity index (χ4v) is 5.79. The van der Waals surface area contributed by atoms with E-state index in [0.29, 0.717) is 19.6 Å². The summed E-state index contributed by atoms with van der Waals surface area (Å²) in [5, 5.41) is 14.1. The van der Waals surface area contributed by atoms with Crippen LogP contribution in [0.25, 0.3) is 10.8 Å². The molecule has 0 saturated heterocycles. The second-order valence-electron chi connectivity index (χ2n) is 10.7. The van der Waals surface area contributed by atoms with Crippen LogP contribution in [-0.2, 0) is 27.4 Å². The lowest BCUT2D eigenvalue weighted by molar-refractivity contribution is -0.385. The fourth-order valence-electron chi connectivity index (χ4n) is 5.49. The van der Waals surface area contributed by atoms with Gasteiger partial charge < -0.3 is 9.47 Å². The van der Waals surface area contributed by atoms with Crippen molar-refractivity contribution in [2.75, 3.05) is 19.8 Å². The van der Waals surface area contributed by atoms with Crippen molar-refractivity contribution in [1.29, 1.82) is 0 Å². The van der Waals surface area contributed by atoms with Crippen molar-refractivity contribution in [3.05, 3.63) is 135 Å². The first kappa shape index (κ1) is 32.3. The predicted molar refractivity (Wildman–Crippen MR) is 176 cm³/mol. The van der Waals surface area contributed by atoms with Gasteiger partial charge in [0.2, 0.25) is 0 Å². The number of benzene rings is 4. The van der Waals surface area contributed by atoms with Crippen LogP contribution in [0.4, 0.5) is 10.5 Å². The van der Waals surface area contributed by atoms with E-state index in [0.717, 1.165) is 26.8 Å². The molecule has 1 heterocycles. The highest BCUT2D eigenvalue weighted by molar-refractivity contribution is 6.32. The van der Waals surface area contributed by atoms with E-state index in [1.54, 1.807) is 13.0 Å². The second-order valence-corrected chi connectivity index (χ2v) is 11.0. The zero-order valence-electron chi connectivity index (χ0n) is 25.5. The summed E-state index contributed by atoms with van der Waals surface area (Å²) in [5.41, 5.74) is 1.79. The summed E-state index contributed by atoms with van der Waals surface area (Å²) in [6, 6.07) is 29.0. The number of para-hydroxylation sites is 1. The first-order valence-electron chi connectivity index (χ1n) is 14.8. The summed E-state index contributed by atoms with van der Waals surface area (Å²) in [7, 11) is 0. The number of aliphatic imine (C=N–C) groups is 1. The summed E-state index contributed by atoms with van der Waals surface area (Å²) >= 11 is 6.43. The van der Waals surface area contributed by atoms with Crippen molar-refractivity contribution in [3.8, 4) is 0 Å². The lowest BCUT2D eigenvalue weighted by Crippen LogP contribution is -2.44. The van der Waals surface area contributed by atoms with Crippen molar-refractivity contribution in [2.45, 2.75) is 33.0 Å². The number of hydrogen-bond acceptors (Lipinski definition) is 8. The number of amidine groups is 1. The summed E-state index contributed by atoms with van der Waals surface area (Å²) in [6.07, 6.45) is -0.833. The highest BCUT2D eigenvalue weighted by Gasteiger charge is 2.43. The lowest BCUT2D eigenvalue weighted by Gasteiger charge is -2.34. The van der Waals surface area contributed by atoms with Crippen molar-refractivity contribution in [2.24, 2.45) is 4.99 Å². The molecule has 1 aliphatic rings. The molecule has 0 aromatic heterocycles. The Balaban J connectivity index is 1.39. The minimum atomic E-state index is -1.30. The Bertz CT molecular complexity index is 1810. The summed E-state index contributed by atoms with van der Waals surface area (Å²) in [5.74, 6) is -0.724. The van der Waals surface area contributed by atoms with Crippen LogP contribution in [-0.4, -0.2) is 52.4 Å². The van der Waals surface area contributed by atoms with Crippen LogP contribution >= 0.6 is 11.6 Å². The van der Waals surface area contributed by atoms with E-state index < -0.39 is 23.0 Å². The Kier molecular flexibility index (Phi) is 10.4. The second kappa shape index (κ2) is 14.8. The maximum atomic E-state index is 13.8. The third kappa shape index (κ3) is 7.42. The predicted octanol–water partition coefficient (Wildman–Crippen LogP) is 7.38. The number of hydrogen-bond donors (Lipinski definition) is 0. The van der Waals surface area contributed by atoms with Crippen molar-refractivity contribution < 1.29 is 24.0 Å². The van der Waals surface area contributed by atoms with Crippen molar-refractivity contribution in [3.63, 3.8) is 0 Å². The molecule has 1 unspecified atom stereocenters. The maximum Gasteiger partial charge on any atom is 0.416 e. The van der Waals surface area contributed by atoms with E-state index in [2.05, 4.69) is 40.2 Å². The van der Waals surface area contributed by atoms with Crippen LogP contribution in [0.2, 0.25) is 0 Å². The average Bonchev–Trinajstić information content (AvgIpc) is 3.04. The quantitative estimate of drug-likeness (QED) is 0.0727. The van der Waals surface area contributed by atoms with Crippen LogP contribution in [0, 0.1) is 10.1 Å². The minimum Gasteiger partial charge on any atom is -0.462 e. The number of esters is 1. The molecule has 0 spiro atoms. The first-order chi connectivity index (χ1) is 22.3. The third-order valence-electron chi connectivity index (χ3n) is 7.58. The zero-order valence-corrected chi connectivity index (χ0v) is 26.2. The molecule has 5 rings (SSSR count). The summed E-state index contributed by atoms with van der Waals surface area (Å²) in [4.78, 5) is 45.8. The number of nitro benzene ring substituents is 1. The Morgan fingerprint density at radius 3 is 2.33 bits per heavy atom. The first-order valence-corrected chi connectivity index (χ1v) is 15.2. The number of carbonyl (C=O) groups is 2. The number of nitrogens with zero attached hydrogens (tertiary/aromatic N) is 4. The number of rotatable bonds is 11. The summed E-state index contributed by atoms with van der Waals surface area (Å²) < 4.78 is 11.0. The molecule has 4 aromatic rings. The van der Waals surface area contributed by atoms with Crippen molar-refractivity contribution in [1.82, 2.24) is 9.80 Å². The monoisotopic (exact) mass is 640 g/mol. The Hall–Kier alpha value is -5.06. The molecule has 1 atom stereocenters. The van der Waals surface area contributed by atoms with E-state index in [4.69, 9.17) is 21.1 Å². The normalized spacial score (nSPS) is 14.7. The van der Waals surface area contributed by atoms with Gasteiger partial charge in [0, 0.05) is 25.7 Å². The molecule has 236 valence electrons. The molecule has 4 aromatic carbocycles. The van der Waals surface area contributed by atoms with Gasteiger partial charge >= 0.3 is 12.1 Å². The van der Waals surface area contributed by atoms with E-state index >= 15 is 0 Å². The molecule has 0 radical (unpaired) electrons. The number of carbonyl (C=O) groups excluding carboxylic acids is 2. The standard InChI is InChI=1S/C35H33ClN4O6/c1-3-45-34(41)31-32(29-15-9-10-16-30(29)40(43)44)39(24(2)37-33(31)36)35(42)46-20-19-38(22-25-11-5-4-6-12-25)23-26-17-18-27-13-7-8-14-28(27)21-26/h4-18,21,32H,3,19-20,22-23H2,1-2H3. The highest BCUT2D eigenvalue weighted by Crippen LogP contribution is 2.41. The molecule has 10 nitrogen and oxygen atoms in total. The molecule has 0 fully saturated rings. The molecule has 0 aliphatic carbocycles. The van der Waals surface area contributed by atoms with Gasteiger partial charge in [-0.2, -0.15) is 0 Å². The molecular formula is C35H33ClN4O6. The Labute approximate surface area is 271 Å². The Morgan fingerprint density at radius 1 is 0.913 bits per heavy atom. The van der Waals surface area contributed by atoms with Gasteiger partial charge in [0.25, 0.3) is 5.69 Å². The number of amides is 1. The van der Waals surface area contributed by atoms with E-state index in [1.165, 1.54) is 25.1 Å². The largest absolute Gasteiger partial charge is 0.462 e. The van der Waals surface area contributed by atoms with E-state index in [-0.39, 0.29) is 41.0 Å². The molecule has 0 bridgehead atoms. The van der Waals surface area contributed by atoms with Crippen LogP contribution in [0.3, 0.4) is 0 Å². The molecule has 1 aliphatic heterocycles. The molecular weight excluding hydrogens is 608 g/mol. The molecule has 0 saturated carbocycles. The SMILES string of the molecule is CCOC(=O)C1=C(Cl)N=C(C)N(C(=O)OCCN(Cc2ccccc2)Cc2ccc3ccccc3c2)C1c1ccccc1[N+](=O)[O-]. The fraction of sp³-hybridized carbons (Fsp3) is 0.229. The smallest absolute Gasteiger partial charge is 0.416 e. The van der Waals surface area contributed by atoms with Gasteiger partial charge in [-0.3, -0.25) is 19.9 Å². The number of halogens is 1. The van der Waals surface area contributed by atoms with Gasteiger partial charge in [0.1, 0.15) is 29.2 Å². The van der Waals surface area contributed by atoms with Crippen LogP contribution in [0.1, 0.15) is 36.6 Å². The number of nitro groups is 1. The lowest BCUT2D eigenvalue weighted by atomic mass is 9.95. The topological polar surface area (TPSA) is 115 Å². The van der Waals surface area contributed by atoms with E-state index in [1.807, 2.05) is 42.5 Å². The van der Waals surface area contributed by atoms with E-state index in [9.17, 15) is 19.7 Å². The van der Waals surface area contributed by atoms with Crippen molar-refractivity contribution >= 4 is 46.0 Å². The minimum absolute atomic E-state index is 0.00117. The van der Waals surface area contributed by atoms with Gasteiger partial charge in [-0.15, -0.1) is 0 Å². The highest BCUT2D eigenvalue weighted by atomic mass is 35.5. The zero-order chi connectivity index (χ0) is 32.6. The summed E-state index contributed by atoms with van der Waals surface area (Å²) in [6.45, 7) is 4.76. The Morgan fingerprint density at radius 2 is 1.59 bits per heavy atom. The number of fused-ring (bicyclic) bond motifs is 1.